The third-order valence-electron chi connectivity index (χ3n) is 6.51. The minimum Gasteiger partial charge on any atom is -0.373 e. The number of aryl methyl sites for hydroxylation is 1. The van der Waals surface area contributed by atoms with Gasteiger partial charge in [0.15, 0.2) is 5.13 Å². The van der Waals surface area contributed by atoms with Gasteiger partial charge in [0.2, 0.25) is 10.0 Å². The number of rotatable bonds is 7. The fourth-order valence-electron chi connectivity index (χ4n) is 4.59. The second-order valence-electron chi connectivity index (χ2n) is 9.51. The highest BCUT2D eigenvalue weighted by Gasteiger charge is 2.32. The van der Waals surface area contributed by atoms with Crippen molar-refractivity contribution in [1.82, 2.24) is 14.3 Å². The summed E-state index contributed by atoms with van der Waals surface area (Å²) in [5, 5.41) is 0.579. The van der Waals surface area contributed by atoms with Gasteiger partial charge in [0.05, 0.1) is 33.9 Å². The third-order valence-corrected chi connectivity index (χ3v) is 9.40. The van der Waals surface area contributed by atoms with Gasteiger partial charge in [-0.3, -0.25) is 14.7 Å². The standard InChI is InChI=1S/C28H30N4O4S2/c1-4-21-7-12-25-26(14-21)37-28(30-25)32(18-22-6-5-13-29-15-22)27(33)23-8-10-24(11-9-23)38(34,35)31-16-19(2)36-20(3)17-31/h5-15,19-20H,4,16-18H2,1-3H3. The molecule has 0 saturated carbocycles. The Hall–Kier alpha value is -3.18. The van der Waals surface area contributed by atoms with Gasteiger partial charge in [-0.05, 0) is 73.9 Å². The molecular weight excluding hydrogens is 520 g/mol. The monoisotopic (exact) mass is 550 g/mol. The van der Waals surface area contributed by atoms with Gasteiger partial charge in [0.1, 0.15) is 0 Å². The molecule has 3 heterocycles. The van der Waals surface area contributed by atoms with Crippen LogP contribution in [0.3, 0.4) is 0 Å². The van der Waals surface area contributed by atoms with Crippen molar-refractivity contribution < 1.29 is 17.9 Å². The first-order valence-electron chi connectivity index (χ1n) is 12.6. The summed E-state index contributed by atoms with van der Waals surface area (Å²) in [5.74, 6) is -0.263. The molecule has 1 aliphatic heterocycles. The molecule has 1 amide bonds. The molecule has 10 heteroatoms. The van der Waals surface area contributed by atoms with Gasteiger partial charge < -0.3 is 4.74 Å². The number of sulfonamides is 1. The lowest BCUT2D eigenvalue weighted by atomic mass is 10.2. The van der Waals surface area contributed by atoms with E-state index in [2.05, 4.69) is 18.0 Å². The Bertz CT molecular complexity index is 1530. The highest BCUT2D eigenvalue weighted by molar-refractivity contribution is 7.89. The molecular formula is C28H30N4O4S2. The first-order chi connectivity index (χ1) is 18.2. The normalized spacial score (nSPS) is 18.5. The molecule has 5 rings (SSSR count). The molecule has 198 valence electrons. The number of thiazole rings is 1. The summed E-state index contributed by atoms with van der Waals surface area (Å²) in [6, 6.07) is 16.0. The van der Waals surface area contributed by atoms with Crippen molar-refractivity contribution in [1.29, 1.82) is 0 Å². The average molecular weight is 551 g/mol. The zero-order valence-corrected chi connectivity index (χ0v) is 23.2. The van der Waals surface area contributed by atoms with Crippen molar-refractivity contribution in [2.45, 2.75) is 50.8 Å². The van der Waals surface area contributed by atoms with E-state index in [0.717, 1.165) is 22.2 Å². The number of benzene rings is 2. The number of fused-ring (bicyclic) bond motifs is 1. The molecule has 2 aromatic carbocycles. The van der Waals surface area contributed by atoms with E-state index in [1.165, 1.54) is 33.3 Å². The van der Waals surface area contributed by atoms with Crippen LogP contribution in [0.2, 0.25) is 0 Å². The minimum atomic E-state index is -3.71. The smallest absolute Gasteiger partial charge is 0.260 e. The van der Waals surface area contributed by atoms with Gasteiger partial charge in [-0.25, -0.2) is 13.4 Å². The summed E-state index contributed by atoms with van der Waals surface area (Å²) in [6.07, 6.45) is 3.96. The molecule has 1 saturated heterocycles. The maximum atomic E-state index is 13.8. The molecule has 38 heavy (non-hydrogen) atoms. The number of hydrogen-bond acceptors (Lipinski definition) is 7. The molecule has 0 spiro atoms. The fourth-order valence-corrected chi connectivity index (χ4v) is 7.21. The summed E-state index contributed by atoms with van der Waals surface area (Å²) in [4.78, 5) is 24.5. The van der Waals surface area contributed by atoms with E-state index >= 15 is 0 Å². The lowest BCUT2D eigenvalue weighted by Crippen LogP contribution is -2.48. The van der Waals surface area contributed by atoms with Gasteiger partial charge in [-0.1, -0.05) is 30.4 Å². The zero-order chi connectivity index (χ0) is 26.9. The van der Waals surface area contributed by atoms with Crippen molar-refractivity contribution in [3.05, 3.63) is 83.7 Å². The van der Waals surface area contributed by atoms with Gasteiger partial charge >= 0.3 is 0 Å². The quantitative estimate of drug-likeness (QED) is 0.325. The molecule has 1 fully saturated rings. The van der Waals surface area contributed by atoms with Crippen molar-refractivity contribution in [2.24, 2.45) is 0 Å². The Labute approximate surface area is 227 Å². The van der Waals surface area contributed by atoms with E-state index < -0.39 is 10.0 Å². The van der Waals surface area contributed by atoms with E-state index in [1.54, 1.807) is 29.4 Å². The zero-order valence-electron chi connectivity index (χ0n) is 21.6. The van der Waals surface area contributed by atoms with Crippen LogP contribution in [0.5, 0.6) is 0 Å². The summed E-state index contributed by atoms with van der Waals surface area (Å²) in [7, 11) is -3.71. The van der Waals surface area contributed by atoms with Crippen LogP contribution in [0.15, 0.2) is 71.9 Å². The molecule has 2 atom stereocenters. The number of ether oxygens (including phenoxy) is 1. The van der Waals surface area contributed by atoms with Crippen LogP contribution in [0.4, 0.5) is 5.13 Å². The van der Waals surface area contributed by atoms with Crippen LogP contribution in [-0.2, 0) is 27.7 Å². The number of pyridine rings is 1. The van der Waals surface area contributed by atoms with Crippen molar-refractivity contribution in [3.63, 3.8) is 0 Å². The molecule has 1 aliphatic rings. The van der Waals surface area contributed by atoms with E-state index in [-0.39, 0.29) is 29.6 Å². The number of aromatic nitrogens is 2. The van der Waals surface area contributed by atoms with Gasteiger partial charge in [0, 0.05) is 31.0 Å². The second kappa shape index (κ2) is 10.9. The molecule has 0 aliphatic carbocycles. The summed E-state index contributed by atoms with van der Waals surface area (Å²) >= 11 is 1.46. The highest BCUT2D eigenvalue weighted by atomic mass is 32.2. The van der Waals surface area contributed by atoms with Gasteiger partial charge in [0.25, 0.3) is 5.91 Å². The number of hydrogen-bond donors (Lipinski definition) is 0. The minimum absolute atomic E-state index is 0.154. The van der Waals surface area contributed by atoms with Crippen LogP contribution in [-0.4, -0.2) is 53.9 Å². The number of anilines is 1. The average Bonchev–Trinajstić information content (AvgIpc) is 3.34. The Morgan fingerprint density at radius 2 is 1.82 bits per heavy atom. The molecule has 2 aromatic heterocycles. The van der Waals surface area contributed by atoms with E-state index in [0.29, 0.717) is 23.8 Å². The first-order valence-corrected chi connectivity index (χ1v) is 14.9. The predicted octanol–water partition coefficient (Wildman–Crippen LogP) is 4.90. The van der Waals surface area contributed by atoms with E-state index in [9.17, 15) is 13.2 Å². The van der Waals surface area contributed by atoms with Crippen molar-refractivity contribution >= 4 is 42.6 Å². The van der Waals surface area contributed by atoms with E-state index in [1.807, 2.05) is 38.1 Å². The summed E-state index contributed by atoms with van der Waals surface area (Å²) < 4.78 is 34.7. The highest BCUT2D eigenvalue weighted by Crippen LogP contribution is 2.32. The summed E-state index contributed by atoms with van der Waals surface area (Å²) in [6.45, 7) is 6.71. The van der Waals surface area contributed by atoms with Crippen LogP contribution >= 0.6 is 11.3 Å². The number of carbonyl (C=O) groups is 1. The lowest BCUT2D eigenvalue weighted by Gasteiger charge is -2.34. The topological polar surface area (TPSA) is 92.7 Å². The number of amides is 1. The number of morpholine rings is 1. The second-order valence-corrected chi connectivity index (χ2v) is 12.5. The van der Waals surface area contributed by atoms with Crippen LogP contribution in [0, 0.1) is 0 Å². The fraction of sp³-hybridized carbons (Fsp3) is 0.321. The molecule has 2 unspecified atom stereocenters. The largest absolute Gasteiger partial charge is 0.373 e. The number of carbonyl (C=O) groups excluding carboxylic acids is 1. The Kier molecular flexibility index (Phi) is 7.58. The summed E-state index contributed by atoms with van der Waals surface area (Å²) in [5.41, 5.74) is 3.29. The SMILES string of the molecule is CCc1ccc2nc(N(Cc3cccnc3)C(=O)c3ccc(S(=O)(=O)N4CC(C)OC(C)C4)cc3)sc2c1. The van der Waals surface area contributed by atoms with Crippen LogP contribution in [0.1, 0.15) is 42.3 Å². The van der Waals surface area contributed by atoms with E-state index in [4.69, 9.17) is 9.72 Å². The molecule has 4 aromatic rings. The van der Waals surface area contributed by atoms with Crippen LogP contribution in [0.25, 0.3) is 10.2 Å². The number of nitrogens with zero attached hydrogens (tertiary/aromatic N) is 4. The van der Waals surface area contributed by atoms with Gasteiger partial charge in [-0.15, -0.1) is 0 Å². The maximum Gasteiger partial charge on any atom is 0.260 e. The van der Waals surface area contributed by atoms with Crippen LogP contribution < -0.4 is 4.90 Å². The van der Waals surface area contributed by atoms with Crippen molar-refractivity contribution in [2.75, 3.05) is 18.0 Å². The molecule has 8 nitrogen and oxygen atoms in total. The predicted molar refractivity (Wildman–Crippen MR) is 149 cm³/mol. The third kappa shape index (κ3) is 5.49. The van der Waals surface area contributed by atoms with Crippen molar-refractivity contribution in [3.8, 4) is 0 Å². The maximum absolute atomic E-state index is 13.8. The molecule has 0 N–H and O–H groups in total. The Balaban J connectivity index is 1.45. The molecule has 0 radical (unpaired) electrons. The molecule has 0 bridgehead atoms. The first kappa shape index (κ1) is 26.4. The Morgan fingerprint density at radius 1 is 1.08 bits per heavy atom. The lowest BCUT2D eigenvalue weighted by molar-refractivity contribution is -0.0440. The van der Waals surface area contributed by atoms with Gasteiger partial charge in [-0.2, -0.15) is 4.31 Å². The Morgan fingerprint density at radius 3 is 2.47 bits per heavy atom.